The minimum Gasteiger partial charge on any atom is -0.478 e. The van der Waals surface area contributed by atoms with Crippen molar-refractivity contribution >= 4 is 17.7 Å². The normalized spacial score (nSPS) is 10.6. The predicted molar refractivity (Wildman–Crippen MR) is 68.0 cm³/mol. The van der Waals surface area contributed by atoms with E-state index in [0.717, 1.165) is 16.4 Å². The second-order valence-corrected chi connectivity index (χ2v) is 4.97. The van der Waals surface area contributed by atoms with E-state index < -0.39 is 5.97 Å². The first-order valence-electron chi connectivity index (χ1n) is 5.37. The van der Waals surface area contributed by atoms with Crippen LogP contribution < -0.4 is 0 Å². The number of hydrogen-bond acceptors (Lipinski definition) is 4. The monoisotopic (exact) mass is 263 g/mol. The number of nitrogens with zero attached hydrogens (tertiary/aromatic N) is 3. The van der Waals surface area contributed by atoms with Crippen LogP contribution in [0.5, 0.6) is 0 Å². The van der Waals surface area contributed by atoms with Gasteiger partial charge < -0.3 is 5.11 Å². The lowest BCUT2D eigenvalue weighted by atomic mass is 10.2. The number of aryl methyl sites for hydroxylation is 3. The van der Waals surface area contributed by atoms with Gasteiger partial charge in [0.25, 0.3) is 0 Å². The van der Waals surface area contributed by atoms with Crippen molar-refractivity contribution in [2.75, 3.05) is 0 Å². The molecule has 0 aliphatic rings. The Hall–Kier alpha value is -1.82. The molecule has 0 aliphatic carbocycles. The second-order valence-electron chi connectivity index (χ2n) is 3.96. The van der Waals surface area contributed by atoms with E-state index in [4.69, 9.17) is 5.11 Å². The number of aromatic nitrogens is 3. The molecule has 1 N–H and O–H groups in total. The highest BCUT2D eigenvalue weighted by atomic mass is 32.2. The van der Waals surface area contributed by atoms with Crippen LogP contribution in [0.4, 0.5) is 0 Å². The van der Waals surface area contributed by atoms with E-state index >= 15 is 0 Å². The predicted octanol–water partition coefficient (Wildman–Crippen LogP) is 2.28. The van der Waals surface area contributed by atoms with Gasteiger partial charge in [0.2, 0.25) is 0 Å². The Morgan fingerprint density at radius 3 is 2.61 bits per heavy atom. The smallest absolute Gasteiger partial charge is 0.338 e. The summed E-state index contributed by atoms with van der Waals surface area (Å²) in [5.41, 5.74) is 1.90. The summed E-state index contributed by atoms with van der Waals surface area (Å²) in [6.07, 6.45) is 0. The van der Waals surface area contributed by atoms with E-state index in [1.54, 1.807) is 16.8 Å². The number of aromatic carboxylic acids is 1. The molecule has 2 aromatic heterocycles. The summed E-state index contributed by atoms with van der Waals surface area (Å²) in [5.74, 6) is -0.969. The van der Waals surface area contributed by atoms with E-state index in [2.05, 4.69) is 10.1 Å². The minimum absolute atomic E-state index is 0.212. The van der Waals surface area contributed by atoms with E-state index in [1.165, 1.54) is 11.8 Å². The molecule has 2 heterocycles. The van der Waals surface area contributed by atoms with E-state index in [-0.39, 0.29) is 5.56 Å². The van der Waals surface area contributed by atoms with Gasteiger partial charge in [-0.05, 0) is 43.8 Å². The zero-order valence-electron chi connectivity index (χ0n) is 10.3. The lowest BCUT2D eigenvalue weighted by Gasteiger charge is -2.05. The Morgan fingerprint density at radius 1 is 1.33 bits per heavy atom. The highest BCUT2D eigenvalue weighted by molar-refractivity contribution is 7.99. The van der Waals surface area contributed by atoms with E-state index in [0.29, 0.717) is 5.03 Å². The Labute approximate surface area is 109 Å². The highest BCUT2D eigenvalue weighted by Gasteiger charge is 2.14. The summed E-state index contributed by atoms with van der Waals surface area (Å²) in [5, 5.41) is 14.7. The van der Waals surface area contributed by atoms with Crippen LogP contribution in [0, 0.1) is 13.8 Å². The van der Waals surface area contributed by atoms with Crippen LogP contribution in [-0.2, 0) is 7.05 Å². The molecule has 94 valence electrons. The highest BCUT2D eigenvalue weighted by Crippen LogP contribution is 2.29. The quantitative estimate of drug-likeness (QED) is 0.920. The standard InChI is InChI=1S/C12H13N3O2S/c1-7-4-5-9(12(16)17)11(13-7)18-10-6-8(2)14-15(10)3/h4-6H,1-3H3,(H,16,17). The molecule has 18 heavy (non-hydrogen) atoms. The number of carboxylic acid groups (broad SMARTS) is 1. The largest absolute Gasteiger partial charge is 0.478 e. The zero-order valence-corrected chi connectivity index (χ0v) is 11.2. The van der Waals surface area contributed by atoms with Gasteiger partial charge in [-0.2, -0.15) is 5.10 Å². The molecular weight excluding hydrogens is 250 g/mol. The number of pyridine rings is 1. The van der Waals surface area contributed by atoms with Crippen molar-refractivity contribution in [2.45, 2.75) is 23.9 Å². The van der Waals surface area contributed by atoms with Crippen molar-refractivity contribution in [2.24, 2.45) is 7.05 Å². The van der Waals surface area contributed by atoms with Gasteiger partial charge in [-0.1, -0.05) is 0 Å². The summed E-state index contributed by atoms with van der Waals surface area (Å²) < 4.78 is 1.72. The van der Waals surface area contributed by atoms with Gasteiger partial charge in [-0.15, -0.1) is 0 Å². The zero-order chi connectivity index (χ0) is 13.3. The Bertz CT molecular complexity index is 607. The Kier molecular flexibility index (Phi) is 3.38. The average molecular weight is 263 g/mol. The van der Waals surface area contributed by atoms with Crippen molar-refractivity contribution in [3.05, 3.63) is 35.2 Å². The van der Waals surface area contributed by atoms with Gasteiger partial charge in [-0.3, -0.25) is 4.68 Å². The van der Waals surface area contributed by atoms with Crippen molar-refractivity contribution in [3.63, 3.8) is 0 Å². The molecule has 0 aliphatic heterocycles. The van der Waals surface area contributed by atoms with Crippen LogP contribution in [0.15, 0.2) is 28.3 Å². The molecule has 6 heteroatoms. The molecule has 0 radical (unpaired) electrons. The Morgan fingerprint density at radius 2 is 2.06 bits per heavy atom. The van der Waals surface area contributed by atoms with Crippen molar-refractivity contribution in [1.82, 2.24) is 14.8 Å². The lowest BCUT2D eigenvalue weighted by molar-refractivity contribution is 0.0692. The topological polar surface area (TPSA) is 68.0 Å². The SMILES string of the molecule is Cc1ccc(C(=O)O)c(Sc2cc(C)nn2C)n1. The van der Waals surface area contributed by atoms with Crippen molar-refractivity contribution in [1.29, 1.82) is 0 Å². The molecule has 0 fully saturated rings. The van der Waals surface area contributed by atoms with Crippen LogP contribution >= 0.6 is 11.8 Å². The second kappa shape index (κ2) is 4.81. The van der Waals surface area contributed by atoms with Gasteiger partial charge in [0, 0.05) is 12.7 Å². The molecule has 0 saturated carbocycles. The van der Waals surface area contributed by atoms with Gasteiger partial charge in [-0.25, -0.2) is 9.78 Å². The van der Waals surface area contributed by atoms with Crippen LogP contribution in [0.3, 0.4) is 0 Å². The molecule has 5 nitrogen and oxygen atoms in total. The number of carbonyl (C=O) groups is 1. The van der Waals surface area contributed by atoms with Crippen LogP contribution in [0.25, 0.3) is 0 Å². The Balaban J connectivity index is 2.42. The molecular formula is C12H13N3O2S. The molecule has 0 bridgehead atoms. The molecule has 0 saturated heterocycles. The summed E-state index contributed by atoms with van der Waals surface area (Å²) >= 11 is 1.31. The molecule has 0 aromatic carbocycles. The molecule has 0 unspecified atom stereocenters. The van der Waals surface area contributed by atoms with E-state index in [9.17, 15) is 4.79 Å². The van der Waals surface area contributed by atoms with Gasteiger partial charge in [0.05, 0.1) is 11.3 Å². The van der Waals surface area contributed by atoms with Gasteiger partial charge >= 0.3 is 5.97 Å². The number of rotatable bonds is 3. The summed E-state index contributed by atoms with van der Waals surface area (Å²) in [6.45, 7) is 3.73. The van der Waals surface area contributed by atoms with Crippen LogP contribution in [0.2, 0.25) is 0 Å². The average Bonchev–Trinajstić information content (AvgIpc) is 2.57. The number of hydrogen-bond donors (Lipinski definition) is 1. The third kappa shape index (κ3) is 2.53. The maximum atomic E-state index is 11.1. The van der Waals surface area contributed by atoms with Gasteiger partial charge in [0.1, 0.15) is 10.1 Å². The summed E-state index contributed by atoms with van der Waals surface area (Å²) in [6, 6.07) is 5.18. The first kappa shape index (κ1) is 12.6. The van der Waals surface area contributed by atoms with Crippen molar-refractivity contribution < 1.29 is 9.90 Å². The number of carboxylic acids is 1. The maximum absolute atomic E-state index is 11.1. The third-order valence-electron chi connectivity index (χ3n) is 2.39. The molecule has 0 amide bonds. The maximum Gasteiger partial charge on any atom is 0.338 e. The minimum atomic E-state index is -0.969. The molecule has 2 rings (SSSR count). The molecule has 0 atom stereocenters. The first-order valence-corrected chi connectivity index (χ1v) is 6.18. The van der Waals surface area contributed by atoms with Crippen molar-refractivity contribution in [3.8, 4) is 0 Å². The third-order valence-corrected chi connectivity index (χ3v) is 3.49. The van der Waals surface area contributed by atoms with Crippen LogP contribution in [-0.4, -0.2) is 25.8 Å². The summed E-state index contributed by atoms with van der Waals surface area (Å²) in [4.78, 5) is 15.4. The van der Waals surface area contributed by atoms with Crippen LogP contribution in [0.1, 0.15) is 21.7 Å². The summed E-state index contributed by atoms with van der Waals surface area (Å²) in [7, 11) is 1.82. The fraction of sp³-hybridized carbons (Fsp3) is 0.250. The lowest BCUT2D eigenvalue weighted by Crippen LogP contribution is -2.02. The van der Waals surface area contributed by atoms with E-state index in [1.807, 2.05) is 27.0 Å². The molecule has 2 aromatic rings. The van der Waals surface area contributed by atoms with Gasteiger partial charge in [0.15, 0.2) is 0 Å². The molecule has 0 spiro atoms. The fourth-order valence-corrected chi connectivity index (χ4v) is 2.61. The fourth-order valence-electron chi connectivity index (χ4n) is 1.55. The first-order chi connectivity index (χ1) is 8.47.